The van der Waals surface area contributed by atoms with Crippen LogP contribution < -0.4 is 5.73 Å². The largest absolute Gasteiger partial charge is 0.318 e. The maximum Gasteiger partial charge on any atom is 0.0672 e. The van der Waals surface area contributed by atoms with Crippen LogP contribution in [0.2, 0.25) is 0 Å². The molecule has 0 saturated heterocycles. The van der Waals surface area contributed by atoms with E-state index in [1.165, 1.54) is 5.56 Å². The summed E-state index contributed by atoms with van der Waals surface area (Å²) in [5, 5.41) is 0. The molecule has 11 heavy (non-hydrogen) atoms. The molecule has 0 saturated carbocycles. The summed E-state index contributed by atoms with van der Waals surface area (Å²) in [5.74, 6) is 0.371. The molecule has 0 aliphatic heterocycles. The van der Waals surface area contributed by atoms with Gasteiger partial charge in [-0.2, -0.15) is 0 Å². The first-order valence-corrected chi connectivity index (χ1v) is 4.58. The molecule has 2 unspecified atom stereocenters. The lowest BCUT2D eigenvalue weighted by molar-refractivity contribution is 0.738. The van der Waals surface area contributed by atoms with E-state index in [1.807, 2.05) is 18.2 Å². The number of benzene rings is 1. The number of hydrogen-bond donors (Lipinski definition) is 1. The van der Waals surface area contributed by atoms with Crippen LogP contribution in [0.15, 0.2) is 30.3 Å². The van der Waals surface area contributed by atoms with Crippen LogP contribution in [0.25, 0.3) is 0 Å². The van der Waals surface area contributed by atoms with E-state index >= 15 is 0 Å². The molecule has 0 bridgehead atoms. The Bertz CT molecular complexity index is 208. The summed E-state index contributed by atoms with van der Waals surface area (Å²) >= 11 is 3.35. The van der Waals surface area contributed by atoms with Crippen molar-refractivity contribution >= 4 is 15.9 Å². The second-order valence-corrected chi connectivity index (χ2v) is 3.70. The van der Waals surface area contributed by atoms with Crippen LogP contribution in [-0.2, 0) is 0 Å². The summed E-state index contributed by atoms with van der Waals surface area (Å²) in [6.45, 7) is 2.11. The van der Waals surface area contributed by atoms with E-state index in [2.05, 4.69) is 35.0 Å². The van der Waals surface area contributed by atoms with Crippen LogP contribution in [-0.4, -0.2) is 4.95 Å². The lowest BCUT2D eigenvalue weighted by atomic mass is 10.0. The predicted molar refractivity (Wildman–Crippen MR) is 51.8 cm³/mol. The zero-order valence-corrected chi connectivity index (χ0v) is 8.08. The Morgan fingerprint density at radius 3 is 2.27 bits per heavy atom. The van der Waals surface area contributed by atoms with Gasteiger partial charge in [0.25, 0.3) is 0 Å². The van der Waals surface area contributed by atoms with Gasteiger partial charge in [0.05, 0.1) is 4.95 Å². The van der Waals surface area contributed by atoms with Gasteiger partial charge in [-0.15, -0.1) is 0 Å². The van der Waals surface area contributed by atoms with Crippen molar-refractivity contribution in [1.82, 2.24) is 0 Å². The lowest BCUT2D eigenvalue weighted by Gasteiger charge is -2.13. The monoisotopic (exact) mass is 213 g/mol. The molecule has 0 radical (unpaired) electrons. The van der Waals surface area contributed by atoms with Crippen LogP contribution in [0.4, 0.5) is 0 Å². The van der Waals surface area contributed by atoms with Crippen molar-refractivity contribution in [3.05, 3.63) is 35.9 Å². The molecule has 0 aromatic heterocycles. The second-order valence-electron chi connectivity index (χ2n) is 2.64. The van der Waals surface area contributed by atoms with Crippen molar-refractivity contribution < 1.29 is 0 Å². The normalized spacial score (nSPS) is 15.9. The molecule has 0 heterocycles. The zero-order chi connectivity index (χ0) is 8.27. The minimum Gasteiger partial charge on any atom is -0.318 e. The molecule has 0 aliphatic carbocycles. The molecule has 0 spiro atoms. The van der Waals surface area contributed by atoms with E-state index in [0.29, 0.717) is 5.92 Å². The van der Waals surface area contributed by atoms with Crippen LogP contribution in [0.3, 0.4) is 0 Å². The van der Waals surface area contributed by atoms with E-state index in [-0.39, 0.29) is 4.95 Å². The van der Waals surface area contributed by atoms with E-state index < -0.39 is 0 Å². The third kappa shape index (κ3) is 2.31. The van der Waals surface area contributed by atoms with Gasteiger partial charge in [-0.05, 0) is 5.56 Å². The summed E-state index contributed by atoms with van der Waals surface area (Å²) in [4.78, 5) is 0.0462. The molecule has 2 atom stereocenters. The fraction of sp³-hybridized carbons (Fsp3) is 0.333. The van der Waals surface area contributed by atoms with Gasteiger partial charge in [-0.3, -0.25) is 0 Å². The average molecular weight is 214 g/mol. The third-order valence-electron chi connectivity index (χ3n) is 1.80. The third-order valence-corrected chi connectivity index (χ3v) is 2.60. The zero-order valence-electron chi connectivity index (χ0n) is 6.50. The molecule has 60 valence electrons. The van der Waals surface area contributed by atoms with Gasteiger partial charge in [-0.1, -0.05) is 53.2 Å². The lowest BCUT2D eigenvalue weighted by Crippen LogP contribution is -2.18. The van der Waals surface area contributed by atoms with Crippen LogP contribution >= 0.6 is 15.9 Å². The van der Waals surface area contributed by atoms with Crippen molar-refractivity contribution in [1.29, 1.82) is 0 Å². The standard InChI is InChI=1S/C9H12BrN/c1-7(9(10)11)8-5-3-2-4-6-8/h2-7,9H,11H2,1H3. The fourth-order valence-electron chi connectivity index (χ4n) is 0.940. The Hall–Kier alpha value is -0.340. The summed E-state index contributed by atoms with van der Waals surface area (Å²) < 4.78 is 0. The summed E-state index contributed by atoms with van der Waals surface area (Å²) in [5.41, 5.74) is 6.96. The van der Waals surface area contributed by atoms with Gasteiger partial charge >= 0.3 is 0 Å². The number of halogens is 1. The molecular formula is C9H12BrN. The van der Waals surface area contributed by atoms with Gasteiger partial charge in [-0.25, -0.2) is 0 Å². The first-order chi connectivity index (χ1) is 5.22. The number of alkyl halides is 1. The first-order valence-electron chi connectivity index (χ1n) is 3.66. The highest BCUT2D eigenvalue weighted by atomic mass is 79.9. The molecule has 2 heteroatoms. The highest BCUT2D eigenvalue weighted by molar-refractivity contribution is 9.09. The fourth-order valence-corrected chi connectivity index (χ4v) is 1.25. The highest BCUT2D eigenvalue weighted by Gasteiger charge is 2.09. The van der Waals surface area contributed by atoms with Gasteiger partial charge < -0.3 is 5.73 Å². The molecule has 1 aromatic rings. The Morgan fingerprint density at radius 2 is 1.82 bits per heavy atom. The summed E-state index contributed by atoms with van der Waals surface area (Å²) in [7, 11) is 0. The van der Waals surface area contributed by atoms with Gasteiger partial charge in [0, 0.05) is 5.92 Å². The van der Waals surface area contributed by atoms with Crippen molar-refractivity contribution in [3.63, 3.8) is 0 Å². The second kappa shape index (κ2) is 3.88. The molecular weight excluding hydrogens is 202 g/mol. The average Bonchev–Trinajstić information content (AvgIpc) is 2.05. The van der Waals surface area contributed by atoms with E-state index in [1.54, 1.807) is 0 Å². The first kappa shape index (κ1) is 8.75. The Labute approximate surface area is 75.7 Å². The van der Waals surface area contributed by atoms with E-state index in [4.69, 9.17) is 5.73 Å². The molecule has 1 nitrogen and oxygen atoms in total. The Kier molecular flexibility index (Phi) is 3.09. The van der Waals surface area contributed by atoms with E-state index in [0.717, 1.165) is 0 Å². The molecule has 1 rings (SSSR count). The van der Waals surface area contributed by atoms with E-state index in [9.17, 15) is 0 Å². The molecule has 0 fully saturated rings. The summed E-state index contributed by atoms with van der Waals surface area (Å²) in [6.07, 6.45) is 0. The Balaban J connectivity index is 2.77. The number of rotatable bonds is 2. The molecule has 0 aliphatic rings. The van der Waals surface area contributed by atoms with Crippen molar-refractivity contribution in [2.24, 2.45) is 5.73 Å². The highest BCUT2D eigenvalue weighted by Crippen LogP contribution is 2.20. The minimum atomic E-state index is 0.0462. The minimum absolute atomic E-state index is 0.0462. The SMILES string of the molecule is CC(c1ccccc1)C(N)Br. The maximum atomic E-state index is 5.68. The molecule has 0 amide bonds. The summed E-state index contributed by atoms with van der Waals surface area (Å²) in [6, 6.07) is 10.2. The van der Waals surface area contributed by atoms with Gasteiger partial charge in [0.15, 0.2) is 0 Å². The van der Waals surface area contributed by atoms with Crippen molar-refractivity contribution in [2.75, 3.05) is 0 Å². The number of hydrogen-bond acceptors (Lipinski definition) is 1. The van der Waals surface area contributed by atoms with Crippen molar-refractivity contribution in [2.45, 2.75) is 17.8 Å². The van der Waals surface area contributed by atoms with Crippen LogP contribution in [0.5, 0.6) is 0 Å². The van der Waals surface area contributed by atoms with Gasteiger partial charge in [0.1, 0.15) is 0 Å². The van der Waals surface area contributed by atoms with Crippen LogP contribution in [0, 0.1) is 0 Å². The number of nitrogens with two attached hydrogens (primary N) is 1. The molecule has 1 aromatic carbocycles. The maximum absolute atomic E-state index is 5.68. The topological polar surface area (TPSA) is 26.0 Å². The van der Waals surface area contributed by atoms with Crippen LogP contribution in [0.1, 0.15) is 18.4 Å². The predicted octanol–water partition coefficient (Wildman–Crippen LogP) is 2.47. The molecule has 2 N–H and O–H groups in total. The Morgan fingerprint density at radius 1 is 1.27 bits per heavy atom. The van der Waals surface area contributed by atoms with Gasteiger partial charge in [0.2, 0.25) is 0 Å². The smallest absolute Gasteiger partial charge is 0.0672 e. The quantitative estimate of drug-likeness (QED) is 0.593. The van der Waals surface area contributed by atoms with Crippen molar-refractivity contribution in [3.8, 4) is 0 Å².